The van der Waals surface area contributed by atoms with E-state index in [1.807, 2.05) is 6.92 Å². The molecular formula is C9H12N2O2. The van der Waals surface area contributed by atoms with Crippen molar-refractivity contribution in [2.75, 3.05) is 12.8 Å². The number of nitrogens with one attached hydrogen (secondary N) is 1. The maximum Gasteiger partial charge on any atom is 0.275 e. The maximum atomic E-state index is 11.3. The zero-order valence-corrected chi connectivity index (χ0v) is 7.63. The second-order valence-corrected chi connectivity index (χ2v) is 2.71. The van der Waals surface area contributed by atoms with Crippen LogP contribution in [0.15, 0.2) is 18.2 Å². The van der Waals surface area contributed by atoms with Gasteiger partial charge in [0.15, 0.2) is 0 Å². The van der Waals surface area contributed by atoms with Crippen LogP contribution in [0.4, 0.5) is 5.69 Å². The first-order valence-corrected chi connectivity index (χ1v) is 3.84. The van der Waals surface area contributed by atoms with E-state index >= 15 is 0 Å². The van der Waals surface area contributed by atoms with E-state index in [4.69, 9.17) is 5.73 Å². The number of amides is 1. The van der Waals surface area contributed by atoms with Crippen molar-refractivity contribution >= 4 is 11.6 Å². The summed E-state index contributed by atoms with van der Waals surface area (Å²) >= 11 is 0. The van der Waals surface area contributed by atoms with Gasteiger partial charge in [-0.25, -0.2) is 5.48 Å². The average molecular weight is 180 g/mol. The second kappa shape index (κ2) is 3.91. The van der Waals surface area contributed by atoms with Gasteiger partial charge < -0.3 is 5.73 Å². The highest BCUT2D eigenvalue weighted by Crippen LogP contribution is 2.12. The summed E-state index contributed by atoms with van der Waals surface area (Å²) in [4.78, 5) is 15.8. The van der Waals surface area contributed by atoms with E-state index in [0.717, 1.165) is 5.56 Å². The van der Waals surface area contributed by atoms with Crippen molar-refractivity contribution in [3.8, 4) is 0 Å². The molecule has 0 bridgehead atoms. The molecule has 0 aliphatic rings. The molecule has 1 aromatic rings. The fourth-order valence-electron chi connectivity index (χ4n) is 1.03. The molecule has 13 heavy (non-hydrogen) atoms. The lowest BCUT2D eigenvalue weighted by molar-refractivity contribution is 0.0537. The molecule has 0 atom stereocenters. The fourth-order valence-corrected chi connectivity index (χ4v) is 1.03. The number of nitrogen functional groups attached to an aromatic ring is 1. The van der Waals surface area contributed by atoms with Crippen molar-refractivity contribution < 1.29 is 9.63 Å². The highest BCUT2D eigenvalue weighted by atomic mass is 16.6. The first-order valence-electron chi connectivity index (χ1n) is 3.84. The third-order valence-electron chi connectivity index (χ3n) is 1.70. The van der Waals surface area contributed by atoms with E-state index in [1.54, 1.807) is 18.2 Å². The van der Waals surface area contributed by atoms with Crippen LogP contribution in [0.1, 0.15) is 15.9 Å². The van der Waals surface area contributed by atoms with Crippen molar-refractivity contribution in [3.05, 3.63) is 29.3 Å². The molecule has 1 amide bonds. The van der Waals surface area contributed by atoms with Crippen molar-refractivity contribution in [3.63, 3.8) is 0 Å². The van der Waals surface area contributed by atoms with E-state index in [2.05, 4.69) is 10.3 Å². The number of hydroxylamine groups is 1. The molecule has 0 spiro atoms. The van der Waals surface area contributed by atoms with Gasteiger partial charge in [0.25, 0.3) is 5.91 Å². The molecule has 0 aliphatic carbocycles. The van der Waals surface area contributed by atoms with Gasteiger partial charge in [-0.3, -0.25) is 9.63 Å². The predicted molar refractivity (Wildman–Crippen MR) is 50.1 cm³/mol. The third kappa shape index (κ3) is 2.19. The average Bonchev–Trinajstić information content (AvgIpc) is 2.09. The quantitative estimate of drug-likeness (QED) is 0.524. The van der Waals surface area contributed by atoms with Gasteiger partial charge in [-0.2, -0.15) is 0 Å². The van der Waals surface area contributed by atoms with Gasteiger partial charge >= 0.3 is 0 Å². The van der Waals surface area contributed by atoms with E-state index in [-0.39, 0.29) is 5.91 Å². The Morgan fingerprint density at radius 3 is 2.85 bits per heavy atom. The van der Waals surface area contributed by atoms with Crippen molar-refractivity contribution in [1.82, 2.24) is 5.48 Å². The molecule has 70 valence electrons. The van der Waals surface area contributed by atoms with Gasteiger partial charge in [0.1, 0.15) is 0 Å². The van der Waals surface area contributed by atoms with Crippen molar-refractivity contribution in [2.45, 2.75) is 6.92 Å². The molecule has 0 aliphatic heterocycles. The maximum absolute atomic E-state index is 11.3. The second-order valence-electron chi connectivity index (χ2n) is 2.71. The Kier molecular flexibility index (Phi) is 2.87. The van der Waals surface area contributed by atoms with Gasteiger partial charge in [0.05, 0.1) is 7.11 Å². The molecule has 4 heteroatoms. The van der Waals surface area contributed by atoms with Crippen LogP contribution < -0.4 is 11.2 Å². The van der Waals surface area contributed by atoms with Crippen molar-refractivity contribution in [2.24, 2.45) is 0 Å². The monoisotopic (exact) mass is 180 g/mol. The van der Waals surface area contributed by atoms with Crippen LogP contribution in [0.2, 0.25) is 0 Å². The number of hydrogen-bond acceptors (Lipinski definition) is 3. The largest absolute Gasteiger partial charge is 0.399 e. The summed E-state index contributed by atoms with van der Waals surface area (Å²) in [6, 6.07) is 5.16. The Morgan fingerprint density at radius 1 is 1.54 bits per heavy atom. The lowest BCUT2D eigenvalue weighted by Crippen LogP contribution is -2.22. The molecule has 3 N–H and O–H groups in total. The van der Waals surface area contributed by atoms with Gasteiger partial charge in [0.2, 0.25) is 0 Å². The standard InChI is InChI=1S/C9H12N2O2/c1-6-3-4-7(10)5-8(6)9(12)11-13-2/h3-5H,10H2,1-2H3,(H,11,12). The molecule has 0 fully saturated rings. The number of benzene rings is 1. The lowest BCUT2D eigenvalue weighted by Gasteiger charge is -2.05. The molecule has 1 rings (SSSR count). The molecule has 0 radical (unpaired) electrons. The molecule has 0 aromatic heterocycles. The van der Waals surface area contributed by atoms with E-state index in [0.29, 0.717) is 11.3 Å². The third-order valence-corrected chi connectivity index (χ3v) is 1.70. The lowest BCUT2D eigenvalue weighted by atomic mass is 10.1. The van der Waals surface area contributed by atoms with Crippen LogP contribution in [-0.4, -0.2) is 13.0 Å². The van der Waals surface area contributed by atoms with E-state index < -0.39 is 0 Å². The smallest absolute Gasteiger partial charge is 0.275 e. The number of anilines is 1. The van der Waals surface area contributed by atoms with Gasteiger partial charge in [-0.15, -0.1) is 0 Å². The van der Waals surface area contributed by atoms with Gasteiger partial charge in [-0.1, -0.05) is 6.07 Å². The highest BCUT2D eigenvalue weighted by Gasteiger charge is 2.07. The molecule has 0 saturated heterocycles. The molecule has 0 saturated carbocycles. The van der Waals surface area contributed by atoms with Crippen LogP contribution >= 0.6 is 0 Å². The SMILES string of the molecule is CONC(=O)c1cc(N)ccc1C. The Bertz CT molecular complexity index is 323. The number of aryl methyl sites for hydroxylation is 1. The minimum atomic E-state index is -0.285. The number of carbonyl (C=O) groups excluding carboxylic acids is 1. The predicted octanol–water partition coefficient (Wildman–Crippen LogP) is 0.868. The Hall–Kier alpha value is -1.55. The zero-order valence-electron chi connectivity index (χ0n) is 7.63. The molecule has 0 heterocycles. The number of hydrogen-bond donors (Lipinski definition) is 2. The molecular weight excluding hydrogens is 168 g/mol. The Labute approximate surface area is 76.6 Å². The van der Waals surface area contributed by atoms with Crippen LogP contribution in [0.25, 0.3) is 0 Å². The number of rotatable bonds is 2. The summed E-state index contributed by atoms with van der Waals surface area (Å²) in [5.41, 5.74) is 9.73. The van der Waals surface area contributed by atoms with Gasteiger partial charge in [-0.05, 0) is 24.6 Å². The summed E-state index contributed by atoms with van der Waals surface area (Å²) < 4.78 is 0. The van der Waals surface area contributed by atoms with Crippen LogP contribution in [0, 0.1) is 6.92 Å². The molecule has 4 nitrogen and oxygen atoms in total. The highest BCUT2D eigenvalue weighted by molar-refractivity contribution is 5.95. The van der Waals surface area contributed by atoms with Crippen LogP contribution in [-0.2, 0) is 4.84 Å². The Morgan fingerprint density at radius 2 is 2.23 bits per heavy atom. The first-order chi connectivity index (χ1) is 6.15. The van der Waals surface area contributed by atoms with E-state index in [9.17, 15) is 4.79 Å². The summed E-state index contributed by atoms with van der Waals surface area (Å²) in [6.07, 6.45) is 0. The zero-order chi connectivity index (χ0) is 9.84. The molecule has 0 unspecified atom stereocenters. The van der Waals surface area contributed by atoms with Crippen LogP contribution in [0.5, 0.6) is 0 Å². The summed E-state index contributed by atoms with van der Waals surface area (Å²) in [5.74, 6) is -0.285. The van der Waals surface area contributed by atoms with Gasteiger partial charge in [0, 0.05) is 11.3 Å². The Balaban J connectivity index is 2.99. The van der Waals surface area contributed by atoms with E-state index in [1.165, 1.54) is 7.11 Å². The minimum absolute atomic E-state index is 0.285. The molecule has 1 aromatic carbocycles. The summed E-state index contributed by atoms with van der Waals surface area (Å²) in [5, 5.41) is 0. The van der Waals surface area contributed by atoms with Crippen LogP contribution in [0.3, 0.4) is 0 Å². The van der Waals surface area contributed by atoms with Crippen molar-refractivity contribution in [1.29, 1.82) is 0 Å². The summed E-state index contributed by atoms with van der Waals surface area (Å²) in [7, 11) is 1.39. The number of carbonyl (C=O) groups is 1. The topological polar surface area (TPSA) is 64.3 Å². The first kappa shape index (κ1) is 9.54. The normalized spacial score (nSPS) is 9.69. The number of nitrogens with two attached hydrogens (primary N) is 1. The fraction of sp³-hybridized carbons (Fsp3) is 0.222. The summed E-state index contributed by atoms with van der Waals surface area (Å²) in [6.45, 7) is 1.84. The minimum Gasteiger partial charge on any atom is -0.399 e.